The summed E-state index contributed by atoms with van der Waals surface area (Å²) in [6, 6.07) is 0. The second-order valence-electron chi connectivity index (χ2n) is 4.32. The van der Waals surface area contributed by atoms with Crippen LogP contribution in [-0.2, 0) is 12.4 Å². The highest BCUT2D eigenvalue weighted by Crippen LogP contribution is 2.23. The molecular formula is C10H15ClN2OS. The van der Waals surface area contributed by atoms with Gasteiger partial charge in [0.1, 0.15) is 5.01 Å². The van der Waals surface area contributed by atoms with E-state index in [0.29, 0.717) is 5.88 Å². The highest BCUT2D eigenvalue weighted by atomic mass is 35.5. The van der Waals surface area contributed by atoms with Gasteiger partial charge in [0.2, 0.25) is 0 Å². The van der Waals surface area contributed by atoms with E-state index in [0.717, 1.165) is 36.8 Å². The van der Waals surface area contributed by atoms with Crippen molar-refractivity contribution in [1.82, 2.24) is 9.88 Å². The number of likely N-dealkylation sites (tertiary alicyclic amines) is 1. The summed E-state index contributed by atoms with van der Waals surface area (Å²) in [6.07, 6.45) is 0.848. The molecule has 0 aromatic carbocycles. The molecule has 0 spiro atoms. The molecule has 0 amide bonds. The van der Waals surface area contributed by atoms with Crippen molar-refractivity contribution < 1.29 is 5.11 Å². The quantitative estimate of drug-likeness (QED) is 0.827. The van der Waals surface area contributed by atoms with Gasteiger partial charge < -0.3 is 5.11 Å². The minimum Gasteiger partial charge on any atom is -0.389 e. The summed E-state index contributed by atoms with van der Waals surface area (Å²) >= 11 is 7.34. The lowest BCUT2D eigenvalue weighted by Crippen LogP contribution is -2.29. The first-order valence-corrected chi connectivity index (χ1v) is 6.44. The van der Waals surface area contributed by atoms with Gasteiger partial charge in [-0.15, -0.1) is 22.9 Å². The molecule has 0 saturated carbocycles. The zero-order valence-electron chi connectivity index (χ0n) is 8.74. The number of aliphatic hydroxyl groups is 1. The average molecular weight is 247 g/mol. The summed E-state index contributed by atoms with van der Waals surface area (Å²) in [7, 11) is 0. The van der Waals surface area contributed by atoms with Crippen LogP contribution in [0, 0.1) is 0 Å². The van der Waals surface area contributed by atoms with Crippen LogP contribution in [-0.4, -0.2) is 33.7 Å². The zero-order valence-corrected chi connectivity index (χ0v) is 10.3. The van der Waals surface area contributed by atoms with Crippen molar-refractivity contribution in [2.24, 2.45) is 0 Å². The van der Waals surface area contributed by atoms with Crippen molar-refractivity contribution in [1.29, 1.82) is 0 Å². The number of nitrogens with zero attached hydrogens (tertiary/aromatic N) is 2. The molecule has 1 unspecified atom stereocenters. The number of β-amino-alcohol motifs (C(OH)–C–C–N with tert-alkyl or cyclic N) is 1. The van der Waals surface area contributed by atoms with Crippen molar-refractivity contribution in [3.8, 4) is 0 Å². The van der Waals surface area contributed by atoms with Gasteiger partial charge in [-0.05, 0) is 13.3 Å². The number of halogens is 1. The van der Waals surface area contributed by atoms with Crippen LogP contribution in [0.2, 0.25) is 0 Å². The smallest absolute Gasteiger partial charge is 0.107 e. The van der Waals surface area contributed by atoms with Crippen LogP contribution in [0.4, 0.5) is 0 Å². The lowest BCUT2D eigenvalue weighted by atomic mass is 10.1. The van der Waals surface area contributed by atoms with Crippen LogP contribution in [0.5, 0.6) is 0 Å². The fourth-order valence-electron chi connectivity index (χ4n) is 1.85. The molecule has 1 aromatic rings. The first-order valence-electron chi connectivity index (χ1n) is 5.03. The van der Waals surface area contributed by atoms with Gasteiger partial charge in [0.15, 0.2) is 0 Å². The Morgan fingerprint density at radius 1 is 1.73 bits per heavy atom. The first-order chi connectivity index (χ1) is 7.09. The molecule has 0 bridgehead atoms. The van der Waals surface area contributed by atoms with E-state index in [4.69, 9.17) is 11.6 Å². The molecular weight excluding hydrogens is 232 g/mol. The van der Waals surface area contributed by atoms with Crippen LogP contribution in [0.15, 0.2) is 5.38 Å². The zero-order chi connectivity index (χ0) is 10.9. The predicted molar refractivity (Wildman–Crippen MR) is 62.2 cm³/mol. The molecule has 1 aromatic heterocycles. The molecule has 1 N–H and O–H groups in total. The summed E-state index contributed by atoms with van der Waals surface area (Å²) in [5.41, 5.74) is 0.426. The van der Waals surface area contributed by atoms with Crippen molar-refractivity contribution in [2.45, 2.75) is 31.4 Å². The van der Waals surface area contributed by atoms with Gasteiger partial charge in [-0.1, -0.05) is 0 Å². The Bertz CT molecular complexity index is 340. The Morgan fingerprint density at radius 3 is 3.07 bits per heavy atom. The standard InChI is InChI=1S/C10H15ClN2OS/c1-10(14)2-3-13(7-10)5-9-12-8(4-11)6-15-9/h6,14H,2-5,7H2,1H3. The topological polar surface area (TPSA) is 36.4 Å². The predicted octanol–water partition coefficient (Wildman–Crippen LogP) is 1.84. The summed E-state index contributed by atoms with van der Waals surface area (Å²) in [5.74, 6) is 0.480. The van der Waals surface area contributed by atoms with Gasteiger partial charge in [0, 0.05) is 18.5 Å². The highest BCUT2D eigenvalue weighted by molar-refractivity contribution is 7.09. The van der Waals surface area contributed by atoms with E-state index in [1.165, 1.54) is 0 Å². The summed E-state index contributed by atoms with van der Waals surface area (Å²) in [5, 5.41) is 12.9. The first kappa shape index (κ1) is 11.3. The van der Waals surface area contributed by atoms with Crippen LogP contribution in [0.1, 0.15) is 24.0 Å². The second-order valence-corrected chi connectivity index (χ2v) is 5.53. The van der Waals surface area contributed by atoms with E-state index in [9.17, 15) is 5.11 Å². The Hall–Kier alpha value is -0.160. The number of rotatable bonds is 3. The maximum Gasteiger partial charge on any atom is 0.107 e. The minimum atomic E-state index is -0.521. The van der Waals surface area contributed by atoms with Crippen LogP contribution in [0.3, 0.4) is 0 Å². The number of aromatic nitrogens is 1. The van der Waals surface area contributed by atoms with Crippen LogP contribution < -0.4 is 0 Å². The third kappa shape index (κ3) is 2.91. The van der Waals surface area contributed by atoms with Gasteiger partial charge in [0.05, 0.1) is 23.7 Å². The molecule has 0 aliphatic carbocycles. The minimum absolute atomic E-state index is 0.480. The van der Waals surface area contributed by atoms with Crippen molar-refractivity contribution in [2.75, 3.05) is 13.1 Å². The molecule has 5 heteroatoms. The van der Waals surface area contributed by atoms with Gasteiger partial charge >= 0.3 is 0 Å². The van der Waals surface area contributed by atoms with E-state index in [1.54, 1.807) is 11.3 Å². The SMILES string of the molecule is CC1(O)CCN(Cc2nc(CCl)cs2)C1. The van der Waals surface area contributed by atoms with E-state index in [-0.39, 0.29) is 0 Å². The summed E-state index contributed by atoms with van der Waals surface area (Å²) in [6.45, 7) is 4.41. The number of hydrogen-bond donors (Lipinski definition) is 1. The third-order valence-electron chi connectivity index (χ3n) is 2.63. The van der Waals surface area contributed by atoms with Gasteiger partial charge in [-0.25, -0.2) is 4.98 Å². The third-order valence-corrected chi connectivity index (χ3v) is 3.78. The van der Waals surface area contributed by atoms with Gasteiger partial charge in [-0.3, -0.25) is 4.90 Å². The average Bonchev–Trinajstić information content (AvgIpc) is 2.73. The molecule has 1 aliphatic heterocycles. The van der Waals surface area contributed by atoms with Gasteiger partial charge in [0.25, 0.3) is 0 Å². The molecule has 1 fully saturated rings. The Balaban J connectivity index is 1.92. The molecule has 1 atom stereocenters. The lowest BCUT2D eigenvalue weighted by Gasteiger charge is -2.17. The second kappa shape index (κ2) is 4.37. The maximum absolute atomic E-state index is 9.81. The normalized spacial score (nSPS) is 27.4. The number of thiazole rings is 1. The monoisotopic (exact) mass is 246 g/mol. The van der Waals surface area contributed by atoms with E-state index in [1.807, 2.05) is 12.3 Å². The fraction of sp³-hybridized carbons (Fsp3) is 0.700. The maximum atomic E-state index is 9.81. The molecule has 1 aliphatic rings. The molecule has 2 rings (SSSR count). The Labute approximate surface area is 98.7 Å². The van der Waals surface area contributed by atoms with Crippen molar-refractivity contribution in [3.63, 3.8) is 0 Å². The molecule has 3 nitrogen and oxygen atoms in total. The van der Waals surface area contributed by atoms with Crippen LogP contribution >= 0.6 is 22.9 Å². The summed E-state index contributed by atoms with van der Waals surface area (Å²) < 4.78 is 0. The van der Waals surface area contributed by atoms with Crippen LogP contribution in [0.25, 0.3) is 0 Å². The molecule has 84 valence electrons. The molecule has 15 heavy (non-hydrogen) atoms. The largest absolute Gasteiger partial charge is 0.389 e. The highest BCUT2D eigenvalue weighted by Gasteiger charge is 2.31. The molecule has 2 heterocycles. The van der Waals surface area contributed by atoms with Crippen molar-refractivity contribution >= 4 is 22.9 Å². The number of hydrogen-bond acceptors (Lipinski definition) is 4. The molecule has 1 saturated heterocycles. The number of alkyl halides is 1. The Morgan fingerprint density at radius 2 is 2.53 bits per heavy atom. The van der Waals surface area contributed by atoms with E-state index < -0.39 is 5.60 Å². The van der Waals surface area contributed by atoms with Gasteiger partial charge in [-0.2, -0.15) is 0 Å². The van der Waals surface area contributed by atoms with E-state index in [2.05, 4.69) is 9.88 Å². The summed E-state index contributed by atoms with van der Waals surface area (Å²) in [4.78, 5) is 6.64. The van der Waals surface area contributed by atoms with Crippen molar-refractivity contribution in [3.05, 3.63) is 16.1 Å². The Kier molecular flexibility index (Phi) is 3.30. The lowest BCUT2D eigenvalue weighted by molar-refractivity contribution is 0.0679. The fourth-order valence-corrected chi connectivity index (χ4v) is 2.91. The van der Waals surface area contributed by atoms with E-state index >= 15 is 0 Å². The molecule has 0 radical (unpaired) electrons.